The van der Waals surface area contributed by atoms with Crippen LogP contribution in [0, 0.1) is 6.92 Å². The highest BCUT2D eigenvalue weighted by Crippen LogP contribution is 2.37. The Morgan fingerprint density at radius 1 is 1.35 bits per heavy atom. The second-order valence-electron chi connectivity index (χ2n) is 7.00. The van der Waals surface area contributed by atoms with Crippen molar-refractivity contribution in [1.29, 1.82) is 0 Å². The number of aryl methyl sites for hydroxylation is 1. The Labute approximate surface area is 121 Å². The standard InChI is InChI=1S/C16H24N2O2/c1-11-7-8-12-13(9-11)18(16(5,6)10-17-12)14(19)20-15(2,3)4/h7-9,17H,10H2,1-6H3. The van der Waals surface area contributed by atoms with E-state index >= 15 is 0 Å². The van der Waals surface area contributed by atoms with Crippen molar-refractivity contribution in [2.75, 3.05) is 16.8 Å². The highest BCUT2D eigenvalue weighted by atomic mass is 16.6. The van der Waals surface area contributed by atoms with E-state index < -0.39 is 5.60 Å². The van der Waals surface area contributed by atoms with Gasteiger partial charge in [0.2, 0.25) is 0 Å². The second-order valence-corrected chi connectivity index (χ2v) is 7.00. The molecule has 1 aliphatic heterocycles. The van der Waals surface area contributed by atoms with Crippen LogP contribution in [0.3, 0.4) is 0 Å². The minimum absolute atomic E-state index is 0.296. The van der Waals surface area contributed by atoms with E-state index in [-0.39, 0.29) is 11.6 Å². The lowest BCUT2D eigenvalue weighted by Crippen LogP contribution is -2.56. The summed E-state index contributed by atoms with van der Waals surface area (Å²) in [7, 11) is 0. The maximum absolute atomic E-state index is 12.6. The number of nitrogens with one attached hydrogen (secondary N) is 1. The van der Waals surface area contributed by atoms with Crippen molar-refractivity contribution in [2.45, 2.75) is 52.7 Å². The molecule has 0 bridgehead atoms. The maximum Gasteiger partial charge on any atom is 0.415 e. The molecule has 0 saturated heterocycles. The van der Waals surface area contributed by atoms with Crippen molar-refractivity contribution >= 4 is 17.5 Å². The quantitative estimate of drug-likeness (QED) is 0.780. The largest absolute Gasteiger partial charge is 0.443 e. The summed E-state index contributed by atoms with van der Waals surface area (Å²) in [6, 6.07) is 6.07. The van der Waals surface area contributed by atoms with Crippen molar-refractivity contribution in [3.05, 3.63) is 23.8 Å². The highest BCUT2D eigenvalue weighted by Gasteiger charge is 2.39. The van der Waals surface area contributed by atoms with Gasteiger partial charge in [-0.1, -0.05) is 6.07 Å². The van der Waals surface area contributed by atoms with Gasteiger partial charge in [-0.15, -0.1) is 0 Å². The SMILES string of the molecule is Cc1ccc2c(c1)N(C(=O)OC(C)(C)C)C(C)(C)CN2. The van der Waals surface area contributed by atoms with E-state index in [1.807, 2.05) is 59.7 Å². The van der Waals surface area contributed by atoms with E-state index in [4.69, 9.17) is 4.74 Å². The van der Waals surface area contributed by atoms with Crippen molar-refractivity contribution in [3.63, 3.8) is 0 Å². The first kappa shape index (κ1) is 14.7. The van der Waals surface area contributed by atoms with Gasteiger partial charge in [0.25, 0.3) is 0 Å². The highest BCUT2D eigenvalue weighted by molar-refractivity contribution is 5.95. The Kier molecular flexibility index (Phi) is 3.44. The van der Waals surface area contributed by atoms with E-state index in [0.717, 1.165) is 16.9 Å². The zero-order valence-electron chi connectivity index (χ0n) is 13.2. The summed E-state index contributed by atoms with van der Waals surface area (Å²) in [5.41, 5.74) is 2.15. The van der Waals surface area contributed by atoms with Crippen molar-refractivity contribution < 1.29 is 9.53 Å². The predicted octanol–water partition coefficient (Wildman–Crippen LogP) is 3.94. The molecule has 0 radical (unpaired) electrons. The molecule has 1 aliphatic rings. The number of anilines is 2. The molecule has 1 amide bonds. The van der Waals surface area contributed by atoms with Crippen LogP contribution in [0.15, 0.2) is 18.2 Å². The van der Waals surface area contributed by atoms with Crippen LogP contribution in [0.25, 0.3) is 0 Å². The van der Waals surface area contributed by atoms with E-state index in [2.05, 4.69) is 5.32 Å². The molecular formula is C16H24N2O2. The number of hydrogen-bond donors (Lipinski definition) is 1. The van der Waals surface area contributed by atoms with Crippen LogP contribution in [0.5, 0.6) is 0 Å². The fraction of sp³-hybridized carbons (Fsp3) is 0.562. The Hall–Kier alpha value is -1.71. The first-order valence-corrected chi connectivity index (χ1v) is 6.98. The molecule has 0 fully saturated rings. The number of carbonyl (C=O) groups is 1. The average Bonchev–Trinajstić information content (AvgIpc) is 2.24. The summed E-state index contributed by atoms with van der Waals surface area (Å²) < 4.78 is 5.57. The Balaban J connectivity index is 2.43. The molecule has 1 N–H and O–H groups in total. The van der Waals surface area contributed by atoms with Crippen LogP contribution in [0.2, 0.25) is 0 Å². The van der Waals surface area contributed by atoms with Crippen LogP contribution in [-0.2, 0) is 4.74 Å². The molecule has 1 aromatic rings. The van der Waals surface area contributed by atoms with Gasteiger partial charge in [-0.2, -0.15) is 0 Å². The normalized spacial score (nSPS) is 17.2. The first-order valence-electron chi connectivity index (χ1n) is 6.98. The maximum atomic E-state index is 12.6. The van der Waals surface area contributed by atoms with Crippen LogP contribution < -0.4 is 10.2 Å². The Morgan fingerprint density at radius 2 is 2.00 bits per heavy atom. The fourth-order valence-electron chi connectivity index (χ4n) is 2.35. The smallest absolute Gasteiger partial charge is 0.415 e. The second kappa shape index (κ2) is 4.69. The average molecular weight is 276 g/mol. The molecule has 0 aliphatic carbocycles. The lowest BCUT2D eigenvalue weighted by atomic mass is 9.97. The van der Waals surface area contributed by atoms with Gasteiger partial charge in [0, 0.05) is 6.54 Å². The molecular weight excluding hydrogens is 252 g/mol. The molecule has 0 atom stereocenters. The number of nitrogens with zero attached hydrogens (tertiary/aromatic N) is 1. The number of ether oxygens (including phenoxy) is 1. The molecule has 2 rings (SSSR count). The molecule has 1 aromatic carbocycles. The van der Waals surface area contributed by atoms with E-state index in [9.17, 15) is 4.79 Å². The molecule has 0 unspecified atom stereocenters. The summed E-state index contributed by atoms with van der Waals surface area (Å²) >= 11 is 0. The van der Waals surface area contributed by atoms with Crippen LogP contribution in [0.4, 0.5) is 16.2 Å². The summed E-state index contributed by atoms with van der Waals surface area (Å²) in [5, 5.41) is 3.38. The van der Waals surface area contributed by atoms with Gasteiger partial charge in [-0.25, -0.2) is 4.79 Å². The van der Waals surface area contributed by atoms with Crippen LogP contribution >= 0.6 is 0 Å². The molecule has 4 heteroatoms. The van der Waals surface area contributed by atoms with Gasteiger partial charge >= 0.3 is 6.09 Å². The Bertz CT molecular complexity index is 530. The van der Waals surface area contributed by atoms with Gasteiger partial charge in [-0.3, -0.25) is 4.90 Å². The molecule has 110 valence electrons. The summed E-state index contributed by atoms with van der Waals surface area (Å²) in [6.45, 7) is 12.5. The van der Waals surface area contributed by atoms with Gasteiger partial charge < -0.3 is 10.1 Å². The first-order chi connectivity index (χ1) is 9.10. The lowest BCUT2D eigenvalue weighted by molar-refractivity contribution is 0.0547. The van der Waals surface area contributed by atoms with Crippen molar-refractivity contribution in [1.82, 2.24) is 0 Å². The lowest BCUT2D eigenvalue weighted by Gasteiger charge is -2.44. The number of hydrogen-bond acceptors (Lipinski definition) is 3. The van der Waals surface area contributed by atoms with Gasteiger partial charge in [0.05, 0.1) is 16.9 Å². The molecule has 4 nitrogen and oxygen atoms in total. The van der Waals surface area contributed by atoms with Gasteiger partial charge in [0.15, 0.2) is 0 Å². The third kappa shape index (κ3) is 2.89. The number of amides is 1. The molecule has 0 aromatic heterocycles. The van der Waals surface area contributed by atoms with Crippen LogP contribution in [-0.4, -0.2) is 23.8 Å². The van der Waals surface area contributed by atoms with Crippen molar-refractivity contribution in [2.24, 2.45) is 0 Å². The number of carbonyl (C=O) groups excluding carboxylic acids is 1. The summed E-state index contributed by atoms with van der Waals surface area (Å²) in [4.78, 5) is 14.3. The minimum Gasteiger partial charge on any atom is -0.443 e. The third-order valence-corrected chi connectivity index (χ3v) is 3.29. The number of benzene rings is 1. The molecule has 1 heterocycles. The minimum atomic E-state index is -0.498. The number of fused-ring (bicyclic) bond motifs is 1. The summed E-state index contributed by atoms with van der Waals surface area (Å²) in [5.74, 6) is 0. The predicted molar refractivity (Wildman–Crippen MR) is 82.5 cm³/mol. The van der Waals surface area contributed by atoms with Gasteiger partial charge in [-0.05, 0) is 59.2 Å². The van der Waals surface area contributed by atoms with E-state index in [1.165, 1.54) is 0 Å². The topological polar surface area (TPSA) is 41.6 Å². The zero-order chi connectivity index (χ0) is 15.1. The van der Waals surface area contributed by atoms with Crippen LogP contribution in [0.1, 0.15) is 40.2 Å². The molecule has 20 heavy (non-hydrogen) atoms. The number of rotatable bonds is 0. The summed E-state index contributed by atoms with van der Waals surface area (Å²) in [6.07, 6.45) is -0.296. The zero-order valence-corrected chi connectivity index (χ0v) is 13.2. The van der Waals surface area contributed by atoms with E-state index in [1.54, 1.807) is 4.90 Å². The van der Waals surface area contributed by atoms with E-state index in [0.29, 0.717) is 6.54 Å². The van der Waals surface area contributed by atoms with Gasteiger partial charge in [0.1, 0.15) is 5.60 Å². The Morgan fingerprint density at radius 3 is 2.60 bits per heavy atom. The molecule has 0 saturated carbocycles. The van der Waals surface area contributed by atoms with Crippen molar-refractivity contribution in [3.8, 4) is 0 Å². The molecule has 0 spiro atoms. The third-order valence-electron chi connectivity index (χ3n) is 3.29. The fourth-order valence-corrected chi connectivity index (χ4v) is 2.35. The monoisotopic (exact) mass is 276 g/mol.